The molecule has 0 aromatic rings. The van der Waals surface area contributed by atoms with Crippen LogP contribution in [-0.4, -0.2) is 14.2 Å². The third-order valence-electron chi connectivity index (χ3n) is 1.82. The Kier molecular flexibility index (Phi) is 6.38. The molecule has 0 spiro atoms. The first kappa shape index (κ1) is 13.9. The molecule has 0 radical (unpaired) electrons. The van der Waals surface area contributed by atoms with E-state index in [1.165, 1.54) is 20.0 Å². The van der Waals surface area contributed by atoms with Crippen molar-refractivity contribution >= 4 is 19.2 Å². The lowest BCUT2D eigenvalue weighted by molar-refractivity contribution is 0.286. The molecule has 0 aromatic heterocycles. The molecular weight excluding hydrogens is 223 g/mol. The van der Waals surface area contributed by atoms with Gasteiger partial charge in [0.15, 0.2) is 0 Å². The lowest BCUT2D eigenvalue weighted by atomic mass is 10.2. The van der Waals surface area contributed by atoms with Crippen LogP contribution in [0.4, 0.5) is 0 Å². The maximum absolute atomic E-state index is 11.7. The molecule has 5 heteroatoms. The highest BCUT2D eigenvalue weighted by atomic mass is 35.5. The Hall–Kier alpha value is -0.0800. The summed E-state index contributed by atoms with van der Waals surface area (Å²) in [5.74, 6) is 1.33. The molecule has 0 aliphatic rings. The van der Waals surface area contributed by atoms with Crippen molar-refractivity contribution in [3.05, 3.63) is 22.5 Å². The molecule has 0 aliphatic carbocycles. The van der Waals surface area contributed by atoms with E-state index < -0.39 is 7.60 Å². The predicted molar refractivity (Wildman–Crippen MR) is 59.6 cm³/mol. The summed E-state index contributed by atoms with van der Waals surface area (Å²) in [5.41, 5.74) is 0.918. The Morgan fingerprint density at radius 2 is 1.93 bits per heavy atom. The minimum Gasteiger partial charge on any atom is -0.309 e. The van der Waals surface area contributed by atoms with Gasteiger partial charge < -0.3 is 9.05 Å². The fourth-order valence-electron chi connectivity index (χ4n) is 0.913. The molecular formula is C9H16ClO3P. The van der Waals surface area contributed by atoms with E-state index in [0.29, 0.717) is 5.03 Å². The van der Waals surface area contributed by atoms with Gasteiger partial charge in [-0.15, -0.1) is 0 Å². The average molecular weight is 239 g/mol. The van der Waals surface area contributed by atoms with Gasteiger partial charge in [0, 0.05) is 20.0 Å². The van der Waals surface area contributed by atoms with Crippen LogP contribution >= 0.6 is 19.2 Å². The van der Waals surface area contributed by atoms with Gasteiger partial charge in [-0.1, -0.05) is 24.6 Å². The standard InChI is InChI=1S/C9H16ClO3P/c1-5-8(6-2)9(10)7-14(11,12-3)13-4/h5,7H,6H2,1-4H3. The van der Waals surface area contributed by atoms with Crippen molar-refractivity contribution in [2.75, 3.05) is 14.2 Å². The molecule has 82 valence electrons. The largest absolute Gasteiger partial charge is 0.355 e. The summed E-state index contributed by atoms with van der Waals surface area (Å²) in [6.07, 6.45) is 2.65. The maximum Gasteiger partial charge on any atom is 0.355 e. The fraction of sp³-hybridized carbons (Fsp3) is 0.556. The summed E-state index contributed by atoms with van der Waals surface area (Å²) in [6.45, 7) is 3.84. The smallest absolute Gasteiger partial charge is 0.309 e. The molecule has 0 atom stereocenters. The van der Waals surface area contributed by atoms with Crippen LogP contribution < -0.4 is 0 Å². The van der Waals surface area contributed by atoms with Gasteiger partial charge in [-0.3, -0.25) is 4.57 Å². The molecule has 0 rings (SSSR count). The van der Waals surface area contributed by atoms with Crippen LogP contribution in [0.15, 0.2) is 22.5 Å². The summed E-state index contributed by atoms with van der Waals surface area (Å²) in [7, 11) is -0.501. The average Bonchev–Trinajstić information content (AvgIpc) is 2.19. The Morgan fingerprint density at radius 1 is 1.43 bits per heavy atom. The molecule has 14 heavy (non-hydrogen) atoms. The predicted octanol–water partition coefficient (Wildman–Crippen LogP) is 3.91. The van der Waals surface area contributed by atoms with Crippen LogP contribution in [0.1, 0.15) is 20.3 Å². The summed E-state index contributed by atoms with van der Waals surface area (Å²) in [5, 5.41) is 0.419. The van der Waals surface area contributed by atoms with Crippen LogP contribution in [0.2, 0.25) is 0 Å². The fourth-order valence-corrected chi connectivity index (χ4v) is 2.32. The van der Waals surface area contributed by atoms with Crippen molar-refractivity contribution in [2.45, 2.75) is 20.3 Å². The quantitative estimate of drug-likeness (QED) is 0.538. The SMILES string of the molecule is CC=C(CC)C(Cl)=CP(=O)(OC)OC. The molecule has 0 heterocycles. The first-order chi connectivity index (χ1) is 6.52. The Labute approximate surface area is 90.3 Å². The maximum atomic E-state index is 11.7. The van der Waals surface area contributed by atoms with Crippen LogP contribution in [0, 0.1) is 0 Å². The number of halogens is 1. The lowest BCUT2D eigenvalue weighted by Gasteiger charge is -2.10. The highest BCUT2D eigenvalue weighted by Gasteiger charge is 2.18. The Bertz CT molecular complexity index is 276. The van der Waals surface area contributed by atoms with Crippen molar-refractivity contribution in [1.82, 2.24) is 0 Å². The summed E-state index contributed by atoms with van der Waals surface area (Å²) in [4.78, 5) is 0. The molecule has 0 saturated carbocycles. The van der Waals surface area contributed by atoms with Gasteiger partial charge in [0.2, 0.25) is 0 Å². The van der Waals surface area contributed by atoms with E-state index in [-0.39, 0.29) is 0 Å². The van der Waals surface area contributed by atoms with E-state index >= 15 is 0 Å². The lowest BCUT2D eigenvalue weighted by Crippen LogP contribution is -1.87. The van der Waals surface area contributed by atoms with E-state index in [9.17, 15) is 4.57 Å². The van der Waals surface area contributed by atoms with E-state index in [0.717, 1.165) is 12.0 Å². The molecule has 0 fully saturated rings. The van der Waals surface area contributed by atoms with Crippen molar-refractivity contribution in [2.24, 2.45) is 0 Å². The highest BCUT2D eigenvalue weighted by molar-refractivity contribution is 7.57. The van der Waals surface area contributed by atoms with Gasteiger partial charge in [-0.25, -0.2) is 0 Å². The van der Waals surface area contributed by atoms with Crippen LogP contribution in [0.25, 0.3) is 0 Å². The van der Waals surface area contributed by atoms with E-state index in [2.05, 4.69) is 0 Å². The Balaban J connectivity index is 4.91. The van der Waals surface area contributed by atoms with Gasteiger partial charge >= 0.3 is 7.60 Å². The first-order valence-corrected chi connectivity index (χ1v) is 6.27. The second-order valence-electron chi connectivity index (χ2n) is 2.55. The zero-order chi connectivity index (χ0) is 11.2. The molecule has 0 saturated heterocycles. The Morgan fingerprint density at radius 3 is 2.21 bits per heavy atom. The van der Waals surface area contributed by atoms with Gasteiger partial charge in [-0.2, -0.15) is 0 Å². The molecule has 3 nitrogen and oxygen atoms in total. The van der Waals surface area contributed by atoms with Crippen LogP contribution in [0.3, 0.4) is 0 Å². The molecule has 0 aromatic carbocycles. The number of hydrogen-bond acceptors (Lipinski definition) is 3. The van der Waals surface area contributed by atoms with Gasteiger partial charge in [0.05, 0.1) is 5.03 Å². The molecule has 0 amide bonds. The second kappa shape index (κ2) is 6.41. The zero-order valence-electron chi connectivity index (χ0n) is 8.91. The first-order valence-electron chi connectivity index (χ1n) is 4.28. The normalized spacial score (nSPS) is 14.6. The minimum atomic E-state index is -3.15. The van der Waals surface area contributed by atoms with Crippen molar-refractivity contribution in [3.8, 4) is 0 Å². The summed E-state index contributed by atoms with van der Waals surface area (Å²) in [6, 6.07) is 0. The van der Waals surface area contributed by atoms with Gasteiger partial charge in [0.1, 0.15) is 0 Å². The highest BCUT2D eigenvalue weighted by Crippen LogP contribution is 2.50. The van der Waals surface area contributed by atoms with Crippen molar-refractivity contribution < 1.29 is 13.6 Å². The molecule has 0 bridgehead atoms. The molecule has 0 N–H and O–H groups in total. The summed E-state index contributed by atoms with van der Waals surface area (Å²) >= 11 is 5.95. The molecule has 0 aliphatic heterocycles. The van der Waals surface area contributed by atoms with Crippen molar-refractivity contribution in [1.29, 1.82) is 0 Å². The number of hydrogen-bond donors (Lipinski definition) is 0. The van der Waals surface area contributed by atoms with E-state index in [1.54, 1.807) is 0 Å². The van der Waals surface area contributed by atoms with Gasteiger partial charge in [0.25, 0.3) is 0 Å². The third-order valence-corrected chi connectivity index (χ3v) is 3.91. The van der Waals surface area contributed by atoms with E-state index in [1.807, 2.05) is 19.9 Å². The minimum absolute atomic E-state index is 0.419. The van der Waals surface area contributed by atoms with Crippen LogP contribution in [0.5, 0.6) is 0 Å². The zero-order valence-corrected chi connectivity index (χ0v) is 10.6. The molecule has 0 unspecified atom stereocenters. The van der Waals surface area contributed by atoms with Crippen LogP contribution in [-0.2, 0) is 13.6 Å². The van der Waals surface area contributed by atoms with Gasteiger partial charge in [-0.05, 0) is 18.9 Å². The van der Waals surface area contributed by atoms with E-state index in [4.69, 9.17) is 20.6 Å². The number of rotatable bonds is 5. The summed E-state index contributed by atoms with van der Waals surface area (Å²) < 4.78 is 21.1. The number of allylic oxidation sites excluding steroid dienone is 3. The van der Waals surface area contributed by atoms with Crippen molar-refractivity contribution in [3.63, 3.8) is 0 Å². The second-order valence-corrected chi connectivity index (χ2v) is 5.02. The third kappa shape index (κ3) is 3.97. The topological polar surface area (TPSA) is 35.5 Å². The monoisotopic (exact) mass is 238 g/mol.